The normalized spacial score (nSPS) is 10.8. The van der Waals surface area contributed by atoms with Crippen LogP contribution in [0.2, 0.25) is 0 Å². The van der Waals surface area contributed by atoms with Gasteiger partial charge >= 0.3 is 6.03 Å². The summed E-state index contributed by atoms with van der Waals surface area (Å²) in [4.78, 5) is 26.7. The molecule has 0 bridgehead atoms. The molecule has 2 aromatic heterocycles. The molecule has 24 heavy (non-hydrogen) atoms. The van der Waals surface area contributed by atoms with Crippen LogP contribution in [0.5, 0.6) is 0 Å². The highest BCUT2D eigenvalue weighted by molar-refractivity contribution is 5.99. The fraction of sp³-hybridized carbons (Fsp3) is 0.200. The van der Waals surface area contributed by atoms with Gasteiger partial charge in [-0.2, -0.15) is 9.90 Å². The molecule has 0 saturated carbocycles. The van der Waals surface area contributed by atoms with Gasteiger partial charge in [0.2, 0.25) is 0 Å². The van der Waals surface area contributed by atoms with Crippen molar-refractivity contribution in [2.45, 2.75) is 6.54 Å². The lowest BCUT2D eigenvalue weighted by molar-refractivity contribution is 0.0886. The summed E-state index contributed by atoms with van der Waals surface area (Å²) in [5, 5.41) is 11.4. The van der Waals surface area contributed by atoms with Gasteiger partial charge in [-0.15, -0.1) is 5.10 Å². The maximum atomic E-state index is 12.5. The number of hydrogen-bond acceptors (Lipinski definition) is 5. The summed E-state index contributed by atoms with van der Waals surface area (Å²) >= 11 is 0. The first-order valence-corrected chi connectivity index (χ1v) is 7.23. The molecule has 0 saturated heterocycles. The van der Waals surface area contributed by atoms with Crippen LogP contribution in [-0.2, 0) is 6.54 Å². The van der Waals surface area contributed by atoms with Crippen molar-refractivity contribution in [3.05, 3.63) is 36.7 Å². The number of fused-ring (bicyclic) bond motifs is 1. The molecule has 9 heteroatoms. The smallest absolute Gasteiger partial charge is 0.322 e. The van der Waals surface area contributed by atoms with E-state index in [-0.39, 0.29) is 24.3 Å². The molecule has 3 rings (SSSR count). The van der Waals surface area contributed by atoms with E-state index in [2.05, 4.69) is 15.5 Å². The molecule has 0 aliphatic rings. The highest BCUT2D eigenvalue weighted by Crippen LogP contribution is 2.22. The molecule has 0 aliphatic heterocycles. The average molecular weight is 327 g/mol. The van der Waals surface area contributed by atoms with E-state index < -0.39 is 0 Å². The third-order valence-electron chi connectivity index (χ3n) is 3.47. The van der Waals surface area contributed by atoms with Gasteiger partial charge in [0.05, 0.1) is 17.4 Å². The number of nitrogen functional groups attached to an aromatic ring is 1. The summed E-state index contributed by atoms with van der Waals surface area (Å²) in [5.41, 5.74) is 7.20. The van der Waals surface area contributed by atoms with Gasteiger partial charge in [0.25, 0.3) is 5.91 Å². The topological polar surface area (TPSA) is 111 Å². The predicted octanol–water partition coefficient (Wildman–Crippen LogP) is 1.25. The first-order valence-electron chi connectivity index (χ1n) is 7.23. The van der Waals surface area contributed by atoms with Crippen molar-refractivity contribution < 1.29 is 9.59 Å². The van der Waals surface area contributed by atoms with Gasteiger partial charge in [0, 0.05) is 25.7 Å². The second-order valence-electron chi connectivity index (χ2n) is 5.45. The number of carbonyl (C=O) groups is 2. The Labute approximate surface area is 137 Å². The van der Waals surface area contributed by atoms with Crippen molar-refractivity contribution >= 4 is 34.3 Å². The molecule has 2 heterocycles. The van der Waals surface area contributed by atoms with Crippen molar-refractivity contribution in [1.82, 2.24) is 24.5 Å². The fourth-order valence-electron chi connectivity index (χ4n) is 2.26. The maximum absolute atomic E-state index is 12.5. The molecule has 3 aromatic rings. The predicted molar refractivity (Wildman–Crippen MR) is 89.7 cm³/mol. The van der Waals surface area contributed by atoms with Gasteiger partial charge in [-0.05, 0) is 6.07 Å². The number of carbonyl (C=O) groups excluding carboxylic acids is 2. The molecule has 9 nitrogen and oxygen atoms in total. The molecule has 2 amide bonds. The maximum Gasteiger partial charge on any atom is 0.322 e. The molecule has 0 fully saturated rings. The van der Waals surface area contributed by atoms with Crippen LogP contribution in [0.1, 0.15) is 4.79 Å². The Hall–Kier alpha value is -3.36. The second kappa shape index (κ2) is 6.03. The monoisotopic (exact) mass is 327 g/mol. The second-order valence-corrected chi connectivity index (χ2v) is 5.45. The first kappa shape index (κ1) is 15.5. The fourth-order valence-corrected chi connectivity index (χ4v) is 2.26. The van der Waals surface area contributed by atoms with Crippen LogP contribution in [0.25, 0.3) is 10.9 Å². The molecular weight excluding hydrogens is 310 g/mol. The highest BCUT2D eigenvalue weighted by Gasteiger charge is 2.14. The van der Waals surface area contributed by atoms with Crippen LogP contribution in [0.15, 0.2) is 36.7 Å². The Balaban J connectivity index is 1.77. The summed E-state index contributed by atoms with van der Waals surface area (Å²) in [7, 11) is 3.23. The zero-order valence-corrected chi connectivity index (χ0v) is 13.3. The van der Waals surface area contributed by atoms with Gasteiger partial charge in [0.1, 0.15) is 6.54 Å². The number of nitrogens with one attached hydrogen (secondary N) is 1. The molecule has 0 aliphatic carbocycles. The molecule has 0 unspecified atom stereocenters. The number of benzene rings is 1. The molecule has 3 N–H and O–H groups in total. The molecule has 0 atom stereocenters. The molecule has 124 valence electrons. The zero-order chi connectivity index (χ0) is 17.3. The Bertz CT molecular complexity index is 910. The van der Waals surface area contributed by atoms with Gasteiger partial charge < -0.3 is 10.6 Å². The van der Waals surface area contributed by atoms with E-state index in [9.17, 15) is 9.59 Å². The number of amides is 2. The number of anilines is 2. The number of hydrogen-bond donors (Lipinski definition) is 2. The number of urea groups is 1. The lowest BCUT2D eigenvalue weighted by Gasteiger charge is -2.09. The summed E-state index contributed by atoms with van der Waals surface area (Å²) in [6, 6.07) is 7.06. The standard InChI is InChI=1S/C15H17N7O2/c1-20(2)15(24)18-13-7-17-22(19-13)9-14(23)21-8-11(16)10-5-3-4-6-12(10)21/h3-8H,9,16H2,1-2H3,(H,18,19,24). The lowest BCUT2D eigenvalue weighted by Crippen LogP contribution is -2.27. The molecular formula is C15H17N7O2. The molecule has 1 aromatic carbocycles. The van der Waals surface area contributed by atoms with Crippen molar-refractivity contribution in [3.8, 4) is 0 Å². The number of nitrogens with two attached hydrogens (primary N) is 1. The number of nitrogens with zero attached hydrogens (tertiary/aromatic N) is 5. The van der Waals surface area contributed by atoms with Gasteiger partial charge in [-0.3, -0.25) is 14.7 Å². The summed E-state index contributed by atoms with van der Waals surface area (Å²) < 4.78 is 1.48. The molecule has 0 spiro atoms. The van der Waals surface area contributed by atoms with Crippen LogP contribution < -0.4 is 11.1 Å². The third-order valence-corrected chi connectivity index (χ3v) is 3.47. The van der Waals surface area contributed by atoms with E-state index in [0.717, 1.165) is 10.9 Å². The third kappa shape index (κ3) is 2.91. The highest BCUT2D eigenvalue weighted by atomic mass is 16.2. The average Bonchev–Trinajstić information content (AvgIpc) is 3.12. The summed E-state index contributed by atoms with van der Waals surface area (Å²) in [5.74, 6) is 0.0439. The van der Waals surface area contributed by atoms with E-state index in [1.807, 2.05) is 24.3 Å². The van der Waals surface area contributed by atoms with E-state index in [1.54, 1.807) is 20.3 Å². The van der Waals surface area contributed by atoms with Crippen molar-refractivity contribution in [2.75, 3.05) is 25.1 Å². The number of aromatic nitrogens is 4. The van der Waals surface area contributed by atoms with Crippen LogP contribution >= 0.6 is 0 Å². The summed E-state index contributed by atoms with van der Waals surface area (Å²) in [6.07, 6.45) is 2.97. The van der Waals surface area contributed by atoms with E-state index >= 15 is 0 Å². The zero-order valence-electron chi connectivity index (χ0n) is 13.3. The number of para-hydroxylation sites is 1. The van der Waals surface area contributed by atoms with E-state index in [0.29, 0.717) is 5.69 Å². The quantitative estimate of drug-likeness (QED) is 0.752. The van der Waals surface area contributed by atoms with Crippen LogP contribution in [0.3, 0.4) is 0 Å². The molecule has 0 radical (unpaired) electrons. The largest absolute Gasteiger partial charge is 0.397 e. The van der Waals surface area contributed by atoms with Gasteiger partial charge in [-0.25, -0.2) is 4.79 Å². The number of rotatable bonds is 3. The van der Waals surface area contributed by atoms with Crippen LogP contribution in [0.4, 0.5) is 16.3 Å². The Morgan fingerprint density at radius 2 is 2.04 bits per heavy atom. The van der Waals surface area contributed by atoms with E-state index in [1.165, 1.54) is 20.5 Å². The van der Waals surface area contributed by atoms with Crippen molar-refractivity contribution in [3.63, 3.8) is 0 Å². The Morgan fingerprint density at radius 3 is 2.79 bits per heavy atom. The minimum atomic E-state index is -0.322. The summed E-state index contributed by atoms with van der Waals surface area (Å²) in [6.45, 7) is -0.0735. The van der Waals surface area contributed by atoms with E-state index in [4.69, 9.17) is 5.73 Å². The van der Waals surface area contributed by atoms with Gasteiger partial charge in [-0.1, -0.05) is 18.2 Å². The SMILES string of the molecule is CN(C)C(=O)Nc1cnn(CC(=O)n2cc(N)c3ccccc32)n1. The lowest BCUT2D eigenvalue weighted by atomic mass is 10.2. The van der Waals surface area contributed by atoms with Crippen LogP contribution in [0, 0.1) is 0 Å². The Kier molecular flexibility index (Phi) is 3.90. The minimum absolute atomic E-state index is 0.0735. The van der Waals surface area contributed by atoms with Crippen LogP contribution in [-0.4, -0.2) is 50.5 Å². The van der Waals surface area contributed by atoms with Crippen molar-refractivity contribution in [2.24, 2.45) is 0 Å². The van der Waals surface area contributed by atoms with Gasteiger partial charge in [0.15, 0.2) is 5.82 Å². The minimum Gasteiger partial charge on any atom is -0.397 e. The Morgan fingerprint density at radius 1 is 1.29 bits per heavy atom. The first-order chi connectivity index (χ1) is 11.5. The van der Waals surface area contributed by atoms with Crippen molar-refractivity contribution in [1.29, 1.82) is 0 Å².